The van der Waals surface area contributed by atoms with Crippen molar-refractivity contribution in [2.75, 3.05) is 5.73 Å². The summed E-state index contributed by atoms with van der Waals surface area (Å²) in [4.78, 5) is -0.496. The molecule has 0 aliphatic carbocycles. The SMILES string of the molecule is Nc1[nH]ncc1CNS(=O)(=O)c1cccc(S(N)(=O)=O)c1. The Morgan fingerprint density at radius 2 is 1.86 bits per heavy atom. The summed E-state index contributed by atoms with van der Waals surface area (Å²) in [5.74, 6) is 0.246. The van der Waals surface area contributed by atoms with Gasteiger partial charge in [0.2, 0.25) is 20.0 Å². The van der Waals surface area contributed by atoms with Crippen molar-refractivity contribution in [1.29, 1.82) is 0 Å². The fourth-order valence-electron chi connectivity index (χ4n) is 1.54. The minimum Gasteiger partial charge on any atom is -0.384 e. The molecule has 21 heavy (non-hydrogen) atoms. The van der Waals surface area contributed by atoms with Gasteiger partial charge in [-0.25, -0.2) is 26.7 Å². The first-order valence-electron chi connectivity index (χ1n) is 5.60. The lowest BCUT2D eigenvalue weighted by atomic mass is 10.3. The molecule has 1 heterocycles. The van der Waals surface area contributed by atoms with Gasteiger partial charge in [0, 0.05) is 12.1 Å². The van der Waals surface area contributed by atoms with Crippen LogP contribution in [0, 0.1) is 0 Å². The maximum atomic E-state index is 12.1. The van der Waals surface area contributed by atoms with Crippen LogP contribution in [0.5, 0.6) is 0 Å². The number of benzene rings is 1. The second kappa shape index (κ2) is 5.44. The van der Waals surface area contributed by atoms with E-state index >= 15 is 0 Å². The van der Waals surface area contributed by atoms with Crippen LogP contribution in [0.3, 0.4) is 0 Å². The highest BCUT2D eigenvalue weighted by molar-refractivity contribution is 7.90. The van der Waals surface area contributed by atoms with E-state index in [0.29, 0.717) is 5.56 Å². The average Bonchev–Trinajstić information content (AvgIpc) is 2.81. The molecule has 0 amide bonds. The van der Waals surface area contributed by atoms with Crippen molar-refractivity contribution >= 4 is 25.9 Å². The highest BCUT2D eigenvalue weighted by Gasteiger charge is 2.17. The Kier molecular flexibility index (Phi) is 4.00. The number of nitrogens with zero attached hydrogens (tertiary/aromatic N) is 1. The molecule has 0 saturated heterocycles. The zero-order valence-corrected chi connectivity index (χ0v) is 12.3. The first-order valence-corrected chi connectivity index (χ1v) is 8.63. The predicted octanol–water partition coefficient (Wildman–Crippen LogP) is -0.882. The van der Waals surface area contributed by atoms with E-state index in [1.54, 1.807) is 0 Å². The van der Waals surface area contributed by atoms with Crippen molar-refractivity contribution in [2.45, 2.75) is 16.3 Å². The van der Waals surface area contributed by atoms with Gasteiger partial charge in [-0.1, -0.05) is 6.07 Å². The Bertz CT molecular complexity index is 857. The van der Waals surface area contributed by atoms with E-state index in [4.69, 9.17) is 10.9 Å². The normalized spacial score (nSPS) is 12.4. The van der Waals surface area contributed by atoms with Gasteiger partial charge in [-0.2, -0.15) is 5.10 Å². The molecular weight excluding hydrogens is 318 g/mol. The number of hydrogen-bond donors (Lipinski definition) is 4. The zero-order chi connectivity index (χ0) is 15.7. The van der Waals surface area contributed by atoms with Gasteiger partial charge >= 0.3 is 0 Å². The molecule has 0 bridgehead atoms. The van der Waals surface area contributed by atoms with Crippen molar-refractivity contribution in [2.24, 2.45) is 5.14 Å². The van der Waals surface area contributed by atoms with Gasteiger partial charge in [0.25, 0.3) is 0 Å². The summed E-state index contributed by atoms with van der Waals surface area (Å²) in [6.45, 7) is -0.0791. The Morgan fingerprint density at radius 3 is 2.43 bits per heavy atom. The average molecular weight is 331 g/mol. The third-order valence-corrected chi connectivity index (χ3v) is 4.96. The summed E-state index contributed by atoms with van der Waals surface area (Å²) in [5, 5.41) is 11.1. The topological polar surface area (TPSA) is 161 Å². The van der Waals surface area contributed by atoms with Crippen molar-refractivity contribution in [3.63, 3.8) is 0 Å². The van der Waals surface area contributed by atoms with Crippen LogP contribution in [-0.4, -0.2) is 27.0 Å². The molecule has 6 N–H and O–H groups in total. The molecule has 1 aromatic heterocycles. The van der Waals surface area contributed by atoms with Crippen molar-refractivity contribution in [1.82, 2.24) is 14.9 Å². The number of nitrogens with one attached hydrogen (secondary N) is 2. The monoisotopic (exact) mass is 331 g/mol. The van der Waals surface area contributed by atoms with Crippen molar-refractivity contribution < 1.29 is 16.8 Å². The second-order valence-corrected chi connectivity index (χ2v) is 7.48. The molecule has 0 saturated carbocycles. The quantitative estimate of drug-likeness (QED) is 0.556. The van der Waals surface area contributed by atoms with E-state index in [-0.39, 0.29) is 22.2 Å². The number of nitrogens with two attached hydrogens (primary N) is 2. The van der Waals surface area contributed by atoms with E-state index in [1.165, 1.54) is 24.4 Å². The highest BCUT2D eigenvalue weighted by atomic mass is 32.2. The number of hydrogen-bond acceptors (Lipinski definition) is 6. The van der Waals surface area contributed by atoms with Gasteiger partial charge in [-0.3, -0.25) is 5.10 Å². The molecule has 114 valence electrons. The van der Waals surface area contributed by atoms with E-state index in [0.717, 1.165) is 6.07 Å². The zero-order valence-electron chi connectivity index (χ0n) is 10.6. The van der Waals surface area contributed by atoms with E-state index in [2.05, 4.69) is 14.9 Å². The maximum absolute atomic E-state index is 12.1. The van der Waals surface area contributed by atoms with Gasteiger partial charge in [0.1, 0.15) is 5.82 Å². The molecule has 0 atom stereocenters. The number of anilines is 1. The molecular formula is C10H13N5O4S2. The number of aromatic nitrogens is 2. The minimum absolute atomic E-state index is 0.0791. The van der Waals surface area contributed by atoms with E-state index in [1.807, 2.05) is 0 Å². The van der Waals surface area contributed by atoms with Crippen LogP contribution >= 0.6 is 0 Å². The highest BCUT2D eigenvalue weighted by Crippen LogP contribution is 2.15. The van der Waals surface area contributed by atoms with Crippen LogP contribution in [0.25, 0.3) is 0 Å². The number of nitrogen functional groups attached to an aromatic ring is 1. The Hall–Kier alpha value is -1.95. The summed E-state index contributed by atoms with van der Waals surface area (Å²) in [5.41, 5.74) is 6.01. The molecule has 0 aliphatic rings. The van der Waals surface area contributed by atoms with Crippen molar-refractivity contribution in [3.05, 3.63) is 36.0 Å². The molecule has 0 unspecified atom stereocenters. The largest absolute Gasteiger partial charge is 0.384 e. The lowest BCUT2D eigenvalue weighted by Crippen LogP contribution is -2.24. The Balaban J connectivity index is 2.26. The number of H-pyrrole nitrogens is 1. The van der Waals surface area contributed by atoms with Gasteiger partial charge in [-0.05, 0) is 18.2 Å². The maximum Gasteiger partial charge on any atom is 0.240 e. The van der Waals surface area contributed by atoms with Gasteiger partial charge in [0.05, 0.1) is 16.0 Å². The Morgan fingerprint density at radius 1 is 1.19 bits per heavy atom. The summed E-state index contributed by atoms with van der Waals surface area (Å²) < 4.78 is 49.0. The molecule has 2 aromatic rings. The molecule has 9 nitrogen and oxygen atoms in total. The van der Waals surface area contributed by atoms with E-state index in [9.17, 15) is 16.8 Å². The first-order chi connectivity index (χ1) is 9.70. The van der Waals surface area contributed by atoms with Crippen LogP contribution < -0.4 is 15.6 Å². The van der Waals surface area contributed by atoms with Crippen LogP contribution in [0.1, 0.15) is 5.56 Å². The lowest BCUT2D eigenvalue weighted by Gasteiger charge is -2.07. The number of primary sulfonamides is 1. The van der Waals surface area contributed by atoms with Gasteiger partial charge in [0.15, 0.2) is 0 Å². The number of rotatable bonds is 5. The standard InChI is InChI=1S/C10H13N5O4S2/c11-10-7(5-13-15-10)6-14-21(18,19)9-3-1-2-8(4-9)20(12,16)17/h1-5,14H,6H2,(H3,11,13,15)(H2,12,16,17). The van der Waals surface area contributed by atoms with Crippen LogP contribution in [0.4, 0.5) is 5.82 Å². The van der Waals surface area contributed by atoms with Crippen LogP contribution in [-0.2, 0) is 26.6 Å². The summed E-state index contributed by atoms with van der Waals surface area (Å²) in [7, 11) is -7.88. The smallest absolute Gasteiger partial charge is 0.240 e. The van der Waals surface area contributed by atoms with Gasteiger partial charge < -0.3 is 5.73 Å². The summed E-state index contributed by atoms with van der Waals surface area (Å²) in [6.07, 6.45) is 1.39. The predicted molar refractivity (Wildman–Crippen MR) is 74.8 cm³/mol. The lowest BCUT2D eigenvalue weighted by molar-refractivity contribution is 0.581. The number of sulfonamides is 2. The molecule has 2 rings (SSSR count). The number of aromatic amines is 1. The molecule has 1 aromatic carbocycles. The molecule has 0 radical (unpaired) electrons. The van der Waals surface area contributed by atoms with Crippen molar-refractivity contribution in [3.8, 4) is 0 Å². The molecule has 0 aliphatic heterocycles. The first kappa shape index (κ1) is 15.4. The molecule has 0 spiro atoms. The van der Waals surface area contributed by atoms with Crippen LogP contribution in [0.2, 0.25) is 0 Å². The summed E-state index contributed by atoms with van der Waals surface area (Å²) in [6, 6.07) is 4.75. The third kappa shape index (κ3) is 3.58. The molecule has 11 heteroatoms. The van der Waals surface area contributed by atoms with Gasteiger partial charge in [-0.15, -0.1) is 0 Å². The Labute approximate surface area is 121 Å². The van der Waals surface area contributed by atoms with E-state index < -0.39 is 20.0 Å². The van der Waals surface area contributed by atoms with Crippen LogP contribution in [0.15, 0.2) is 40.3 Å². The molecule has 0 fully saturated rings. The fraction of sp³-hybridized carbons (Fsp3) is 0.100. The fourth-order valence-corrected chi connectivity index (χ4v) is 3.22. The third-order valence-electron chi connectivity index (χ3n) is 2.65. The second-order valence-electron chi connectivity index (χ2n) is 4.15. The summed E-state index contributed by atoms with van der Waals surface area (Å²) >= 11 is 0. The minimum atomic E-state index is -3.98.